The third-order valence-corrected chi connectivity index (χ3v) is 5.23. The number of carboxylic acid groups (broad SMARTS) is 1. The lowest BCUT2D eigenvalue weighted by molar-refractivity contribution is 0.0699. The van der Waals surface area contributed by atoms with Crippen molar-refractivity contribution in [2.24, 2.45) is 0 Å². The van der Waals surface area contributed by atoms with Crippen molar-refractivity contribution in [3.8, 4) is 0 Å². The highest BCUT2D eigenvalue weighted by atomic mass is 32.1. The van der Waals surface area contributed by atoms with Crippen molar-refractivity contribution in [3.63, 3.8) is 0 Å². The molecular weight excluding hydrogens is 284 g/mol. The Balaban J connectivity index is 2.08. The summed E-state index contributed by atoms with van der Waals surface area (Å²) in [5.41, 5.74) is 0.502. The van der Waals surface area contributed by atoms with Crippen LogP contribution >= 0.6 is 11.3 Å². The van der Waals surface area contributed by atoms with E-state index in [1.54, 1.807) is 0 Å². The van der Waals surface area contributed by atoms with Gasteiger partial charge in [-0.2, -0.15) is 0 Å². The molecule has 118 valence electrons. The van der Waals surface area contributed by atoms with E-state index >= 15 is 0 Å². The maximum atomic E-state index is 11.4. The number of aromatic carboxylic acids is 1. The van der Waals surface area contributed by atoms with Crippen LogP contribution in [0, 0.1) is 0 Å². The molecule has 0 aromatic carbocycles. The van der Waals surface area contributed by atoms with Crippen LogP contribution in [0.1, 0.15) is 67.3 Å². The Labute approximate surface area is 131 Å². The highest BCUT2D eigenvalue weighted by Crippen LogP contribution is 2.30. The van der Waals surface area contributed by atoms with Gasteiger partial charge >= 0.3 is 5.97 Å². The number of nitrogens with zero attached hydrogens (tertiary/aromatic N) is 2. The van der Waals surface area contributed by atoms with E-state index < -0.39 is 5.97 Å². The van der Waals surface area contributed by atoms with Gasteiger partial charge in [-0.25, -0.2) is 9.78 Å². The SMILES string of the molecule is CC1CCCCN1CCc1nc(C(C)(C)C)c(C(=O)O)s1. The standard InChI is InChI=1S/C16H26N2O2S/c1-11-7-5-6-9-18(11)10-8-12-17-14(16(2,3)4)13(21-12)15(19)20/h11H,5-10H2,1-4H3,(H,19,20). The second kappa shape index (κ2) is 6.44. The summed E-state index contributed by atoms with van der Waals surface area (Å²) in [5.74, 6) is -0.852. The number of carboxylic acids is 1. The Bertz CT molecular complexity index is 505. The van der Waals surface area contributed by atoms with Crippen molar-refractivity contribution >= 4 is 17.3 Å². The van der Waals surface area contributed by atoms with Crippen LogP contribution in [0.2, 0.25) is 0 Å². The molecule has 2 rings (SSSR count). The van der Waals surface area contributed by atoms with Gasteiger partial charge in [0.05, 0.1) is 10.7 Å². The molecule has 1 aliphatic rings. The predicted octanol–water partition coefficient (Wildman–Crippen LogP) is 3.56. The van der Waals surface area contributed by atoms with E-state index in [1.807, 2.05) is 20.8 Å². The van der Waals surface area contributed by atoms with Crippen molar-refractivity contribution in [2.75, 3.05) is 13.1 Å². The Kier molecular flexibility index (Phi) is 5.04. The number of hydrogen-bond donors (Lipinski definition) is 1. The number of rotatable bonds is 4. The zero-order chi connectivity index (χ0) is 15.6. The van der Waals surface area contributed by atoms with Crippen LogP contribution in [0.15, 0.2) is 0 Å². The van der Waals surface area contributed by atoms with Gasteiger partial charge in [0.1, 0.15) is 4.88 Å². The van der Waals surface area contributed by atoms with Crippen LogP contribution in [-0.2, 0) is 11.8 Å². The molecule has 5 heteroatoms. The molecule has 1 aromatic rings. The lowest BCUT2D eigenvalue weighted by atomic mass is 9.91. The Morgan fingerprint density at radius 1 is 1.43 bits per heavy atom. The fourth-order valence-electron chi connectivity index (χ4n) is 2.85. The van der Waals surface area contributed by atoms with Crippen molar-refractivity contribution in [2.45, 2.75) is 64.8 Å². The van der Waals surface area contributed by atoms with Gasteiger partial charge in [-0.15, -0.1) is 11.3 Å². The van der Waals surface area contributed by atoms with Crippen molar-refractivity contribution < 1.29 is 9.90 Å². The summed E-state index contributed by atoms with van der Waals surface area (Å²) in [6.07, 6.45) is 4.72. The van der Waals surface area contributed by atoms with E-state index in [-0.39, 0.29) is 5.41 Å². The minimum absolute atomic E-state index is 0.221. The van der Waals surface area contributed by atoms with Gasteiger partial charge in [-0.05, 0) is 26.3 Å². The highest BCUT2D eigenvalue weighted by molar-refractivity contribution is 7.13. The lowest BCUT2D eigenvalue weighted by Crippen LogP contribution is -2.38. The van der Waals surface area contributed by atoms with Gasteiger partial charge in [-0.3, -0.25) is 0 Å². The number of likely N-dealkylation sites (tertiary alicyclic amines) is 1. The van der Waals surface area contributed by atoms with Crippen LogP contribution in [-0.4, -0.2) is 40.1 Å². The first-order valence-corrected chi connectivity index (χ1v) is 8.58. The van der Waals surface area contributed by atoms with Crippen LogP contribution in [0.25, 0.3) is 0 Å². The molecule has 0 amide bonds. The van der Waals surface area contributed by atoms with Gasteiger partial charge < -0.3 is 10.0 Å². The van der Waals surface area contributed by atoms with E-state index in [1.165, 1.54) is 30.6 Å². The largest absolute Gasteiger partial charge is 0.477 e. The summed E-state index contributed by atoms with van der Waals surface area (Å²) in [6.45, 7) is 10.5. The van der Waals surface area contributed by atoms with E-state index in [4.69, 9.17) is 0 Å². The molecule has 1 unspecified atom stereocenters. The van der Waals surface area contributed by atoms with Gasteiger partial charge in [-0.1, -0.05) is 27.2 Å². The van der Waals surface area contributed by atoms with E-state index in [0.717, 1.165) is 30.2 Å². The number of thiazole rings is 1. The fraction of sp³-hybridized carbons (Fsp3) is 0.750. The molecule has 0 radical (unpaired) electrons. The summed E-state index contributed by atoms with van der Waals surface area (Å²) in [7, 11) is 0. The topological polar surface area (TPSA) is 53.4 Å². The van der Waals surface area contributed by atoms with Gasteiger partial charge in [0, 0.05) is 24.4 Å². The third-order valence-electron chi connectivity index (χ3n) is 4.13. The van der Waals surface area contributed by atoms with Crippen LogP contribution in [0.3, 0.4) is 0 Å². The molecule has 4 nitrogen and oxygen atoms in total. The minimum atomic E-state index is -0.852. The summed E-state index contributed by atoms with van der Waals surface area (Å²) in [4.78, 5) is 18.9. The second-order valence-electron chi connectivity index (χ2n) is 6.97. The maximum Gasteiger partial charge on any atom is 0.347 e. The molecule has 1 fully saturated rings. The summed E-state index contributed by atoms with van der Waals surface area (Å²) in [6, 6.07) is 0.639. The molecule has 0 spiro atoms. The molecular formula is C16H26N2O2S. The van der Waals surface area contributed by atoms with E-state index in [0.29, 0.717) is 10.9 Å². The Morgan fingerprint density at radius 2 is 2.14 bits per heavy atom. The number of piperidine rings is 1. The van der Waals surface area contributed by atoms with Crippen LogP contribution in [0.5, 0.6) is 0 Å². The quantitative estimate of drug-likeness (QED) is 0.924. The maximum absolute atomic E-state index is 11.4. The molecule has 21 heavy (non-hydrogen) atoms. The van der Waals surface area contributed by atoms with Crippen LogP contribution < -0.4 is 0 Å². The highest BCUT2D eigenvalue weighted by Gasteiger charge is 2.27. The molecule has 1 aromatic heterocycles. The average molecular weight is 310 g/mol. The van der Waals surface area contributed by atoms with Gasteiger partial charge in [0.15, 0.2) is 0 Å². The zero-order valence-electron chi connectivity index (χ0n) is 13.5. The van der Waals surface area contributed by atoms with Crippen LogP contribution in [0.4, 0.5) is 0 Å². The van der Waals surface area contributed by atoms with E-state index in [9.17, 15) is 9.90 Å². The molecule has 0 aliphatic carbocycles. The van der Waals surface area contributed by atoms with Gasteiger partial charge in [0.25, 0.3) is 0 Å². The Morgan fingerprint density at radius 3 is 2.67 bits per heavy atom. The average Bonchev–Trinajstić information content (AvgIpc) is 2.82. The number of hydrogen-bond acceptors (Lipinski definition) is 4. The third kappa shape index (κ3) is 4.04. The Hall–Kier alpha value is -0.940. The van der Waals surface area contributed by atoms with Crippen molar-refractivity contribution in [1.29, 1.82) is 0 Å². The fourth-order valence-corrected chi connectivity index (χ4v) is 3.96. The molecule has 1 N–H and O–H groups in total. The lowest BCUT2D eigenvalue weighted by Gasteiger charge is -2.33. The molecule has 0 saturated carbocycles. The molecule has 1 atom stereocenters. The van der Waals surface area contributed by atoms with Crippen molar-refractivity contribution in [1.82, 2.24) is 9.88 Å². The summed E-state index contributed by atoms with van der Waals surface area (Å²) in [5, 5.41) is 10.3. The number of carbonyl (C=O) groups is 1. The van der Waals surface area contributed by atoms with E-state index in [2.05, 4.69) is 16.8 Å². The molecule has 1 saturated heterocycles. The predicted molar refractivity (Wildman–Crippen MR) is 86.4 cm³/mol. The minimum Gasteiger partial charge on any atom is -0.477 e. The first-order chi connectivity index (χ1) is 9.79. The first-order valence-electron chi connectivity index (χ1n) is 7.76. The zero-order valence-corrected chi connectivity index (χ0v) is 14.3. The van der Waals surface area contributed by atoms with Crippen molar-refractivity contribution in [3.05, 3.63) is 15.6 Å². The molecule has 0 bridgehead atoms. The van der Waals surface area contributed by atoms with Gasteiger partial charge in [0.2, 0.25) is 0 Å². The summed E-state index contributed by atoms with van der Waals surface area (Å²) < 4.78 is 0. The second-order valence-corrected chi connectivity index (χ2v) is 8.05. The smallest absolute Gasteiger partial charge is 0.347 e. The monoisotopic (exact) mass is 310 g/mol. The molecule has 2 heterocycles. The summed E-state index contributed by atoms with van der Waals surface area (Å²) >= 11 is 1.35. The first kappa shape index (κ1) is 16.4. The number of aromatic nitrogens is 1. The molecule has 1 aliphatic heterocycles. The normalized spacial score (nSPS) is 20.7.